The number of amides is 1. The molecule has 1 aliphatic heterocycles. The molecule has 4 rings (SSSR count). The molecule has 0 spiro atoms. The summed E-state index contributed by atoms with van der Waals surface area (Å²) in [7, 11) is 0. The van der Waals surface area contributed by atoms with Gasteiger partial charge in [-0.2, -0.15) is 0 Å². The number of benzene rings is 1. The van der Waals surface area contributed by atoms with Crippen LogP contribution in [0.15, 0.2) is 36.4 Å². The number of rotatable bonds is 4. The zero-order chi connectivity index (χ0) is 17.2. The van der Waals surface area contributed by atoms with Crippen molar-refractivity contribution in [3.8, 4) is 0 Å². The lowest BCUT2D eigenvalue weighted by Crippen LogP contribution is -2.28. The van der Waals surface area contributed by atoms with Crippen molar-refractivity contribution in [3.05, 3.63) is 47.9 Å². The van der Waals surface area contributed by atoms with Gasteiger partial charge in [0.05, 0.1) is 17.1 Å². The van der Waals surface area contributed by atoms with Crippen molar-refractivity contribution in [2.24, 2.45) is 0 Å². The Balaban J connectivity index is 1.45. The van der Waals surface area contributed by atoms with E-state index in [1.54, 1.807) is 6.07 Å². The number of nitrogens with one attached hydrogen (secondary N) is 2. The van der Waals surface area contributed by atoms with Gasteiger partial charge in [0.1, 0.15) is 5.82 Å². The second-order valence-corrected chi connectivity index (χ2v) is 6.31. The number of imidazole rings is 1. The molecule has 1 unspecified atom stereocenters. The van der Waals surface area contributed by atoms with Crippen LogP contribution in [0.1, 0.15) is 42.1 Å². The summed E-state index contributed by atoms with van der Waals surface area (Å²) in [5, 5.41) is 11.2. The highest BCUT2D eigenvalue weighted by Crippen LogP contribution is 2.18. The minimum Gasteiger partial charge on any atom is -0.355 e. The Morgan fingerprint density at radius 1 is 1.16 bits per heavy atom. The molecule has 7 heteroatoms. The molecule has 1 amide bonds. The lowest BCUT2D eigenvalue weighted by Gasteiger charge is -2.15. The summed E-state index contributed by atoms with van der Waals surface area (Å²) in [6, 6.07) is 11.1. The standard InChI is InChI=1S/C18H20N6O/c1-12(17-20-13-6-2-3-7-14(13)21-17)19-18(25)15-8-9-16(23-22-15)24-10-4-5-11-24/h2-3,6-9,12H,4-5,10-11H2,1H3,(H,19,25)(H,20,21). The van der Waals surface area contributed by atoms with Crippen LogP contribution in [0.25, 0.3) is 11.0 Å². The first kappa shape index (κ1) is 15.6. The van der Waals surface area contributed by atoms with E-state index in [9.17, 15) is 4.79 Å². The Morgan fingerprint density at radius 2 is 1.96 bits per heavy atom. The monoisotopic (exact) mass is 336 g/mol. The van der Waals surface area contributed by atoms with Crippen molar-refractivity contribution in [2.75, 3.05) is 18.0 Å². The van der Waals surface area contributed by atoms with E-state index >= 15 is 0 Å². The van der Waals surface area contributed by atoms with Gasteiger partial charge in [0.15, 0.2) is 11.5 Å². The second kappa shape index (κ2) is 6.51. The zero-order valence-corrected chi connectivity index (χ0v) is 14.1. The first-order valence-electron chi connectivity index (χ1n) is 8.55. The Kier molecular flexibility index (Phi) is 4.05. The summed E-state index contributed by atoms with van der Waals surface area (Å²) in [6.07, 6.45) is 2.36. The van der Waals surface area contributed by atoms with Crippen LogP contribution >= 0.6 is 0 Å². The van der Waals surface area contributed by atoms with Crippen LogP contribution in [0.4, 0.5) is 5.82 Å². The maximum atomic E-state index is 12.4. The normalized spacial score (nSPS) is 15.5. The molecule has 3 aromatic rings. The summed E-state index contributed by atoms with van der Waals surface area (Å²) in [6.45, 7) is 3.90. The molecule has 7 nitrogen and oxygen atoms in total. The molecule has 2 N–H and O–H groups in total. The van der Waals surface area contributed by atoms with E-state index in [-0.39, 0.29) is 11.9 Å². The van der Waals surface area contributed by atoms with E-state index < -0.39 is 0 Å². The molecular formula is C18H20N6O. The summed E-state index contributed by atoms with van der Waals surface area (Å²) in [4.78, 5) is 22.3. The topological polar surface area (TPSA) is 86.8 Å². The van der Waals surface area contributed by atoms with E-state index in [1.165, 1.54) is 12.8 Å². The molecule has 2 aromatic heterocycles. The van der Waals surface area contributed by atoms with Crippen LogP contribution in [-0.4, -0.2) is 39.2 Å². The third-order valence-corrected chi connectivity index (χ3v) is 4.48. The van der Waals surface area contributed by atoms with Gasteiger partial charge in [-0.1, -0.05) is 12.1 Å². The van der Waals surface area contributed by atoms with Gasteiger partial charge in [-0.25, -0.2) is 4.98 Å². The van der Waals surface area contributed by atoms with Crippen LogP contribution in [0.3, 0.4) is 0 Å². The van der Waals surface area contributed by atoms with E-state index in [1.807, 2.05) is 37.3 Å². The van der Waals surface area contributed by atoms with Gasteiger partial charge in [-0.05, 0) is 44.0 Å². The smallest absolute Gasteiger partial charge is 0.272 e. The molecule has 1 saturated heterocycles. The number of hydrogen-bond acceptors (Lipinski definition) is 5. The molecule has 1 aromatic carbocycles. The number of fused-ring (bicyclic) bond motifs is 1. The maximum Gasteiger partial charge on any atom is 0.272 e. The highest BCUT2D eigenvalue weighted by molar-refractivity contribution is 5.92. The van der Waals surface area contributed by atoms with E-state index in [0.717, 1.165) is 35.8 Å². The third-order valence-electron chi connectivity index (χ3n) is 4.48. The van der Waals surface area contributed by atoms with Gasteiger partial charge < -0.3 is 15.2 Å². The van der Waals surface area contributed by atoms with Gasteiger partial charge >= 0.3 is 0 Å². The first-order chi connectivity index (χ1) is 12.2. The number of aromatic amines is 1. The molecule has 25 heavy (non-hydrogen) atoms. The minimum absolute atomic E-state index is 0.250. The number of anilines is 1. The van der Waals surface area contributed by atoms with Gasteiger partial charge in [-0.3, -0.25) is 4.79 Å². The number of nitrogens with zero attached hydrogens (tertiary/aromatic N) is 4. The molecule has 0 radical (unpaired) electrons. The first-order valence-corrected chi connectivity index (χ1v) is 8.55. The largest absolute Gasteiger partial charge is 0.355 e. The average Bonchev–Trinajstić information content (AvgIpc) is 3.31. The number of H-pyrrole nitrogens is 1. The molecule has 1 fully saturated rings. The summed E-state index contributed by atoms with van der Waals surface area (Å²) in [5.41, 5.74) is 2.15. The van der Waals surface area contributed by atoms with Crippen LogP contribution < -0.4 is 10.2 Å². The predicted molar refractivity (Wildman–Crippen MR) is 95.5 cm³/mol. The molecule has 0 saturated carbocycles. The number of hydrogen-bond donors (Lipinski definition) is 2. The lowest BCUT2D eigenvalue weighted by atomic mass is 10.3. The molecule has 0 aliphatic carbocycles. The number of carbonyl (C=O) groups is 1. The number of carbonyl (C=O) groups excluding carboxylic acids is 1. The van der Waals surface area contributed by atoms with E-state index in [2.05, 4.69) is 30.4 Å². The molecule has 1 aliphatic rings. The Hall–Kier alpha value is -2.96. The van der Waals surface area contributed by atoms with Gasteiger partial charge in [0, 0.05) is 13.1 Å². The third kappa shape index (κ3) is 3.17. The Labute approximate surface area is 145 Å². The quantitative estimate of drug-likeness (QED) is 0.764. The summed E-state index contributed by atoms with van der Waals surface area (Å²) < 4.78 is 0. The number of para-hydroxylation sites is 2. The Bertz CT molecular complexity index is 849. The van der Waals surface area contributed by atoms with Gasteiger partial charge in [0.2, 0.25) is 0 Å². The average molecular weight is 336 g/mol. The van der Waals surface area contributed by atoms with E-state index in [4.69, 9.17) is 0 Å². The molecule has 128 valence electrons. The highest BCUT2D eigenvalue weighted by atomic mass is 16.2. The summed E-state index contributed by atoms with van der Waals surface area (Å²) >= 11 is 0. The van der Waals surface area contributed by atoms with Crippen molar-refractivity contribution in [2.45, 2.75) is 25.8 Å². The van der Waals surface area contributed by atoms with Crippen molar-refractivity contribution in [1.29, 1.82) is 0 Å². The predicted octanol–water partition coefficient (Wildman–Crippen LogP) is 2.44. The van der Waals surface area contributed by atoms with Crippen molar-refractivity contribution in [3.63, 3.8) is 0 Å². The Morgan fingerprint density at radius 3 is 2.68 bits per heavy atom. The lowest BCUT2D eigenvalue weighted by molar-refractivity contribution is 0.0932. The SMILES string of the molecule is CC(NC(=O)c1ccc(N2CCCC2)nn1)c1nc2ccccc2[nH]1. The molecule has 3 heterocycles. The fourth-order valence-electron chi connectivity index (χ4n) is 3.08. The minimum atomic E-state index is -0.256. The van der Waals surface area contributed by atoms with Gasteiger partial charge in [-0.15, -0.1) is 10.2 Å². The zero-order valence-electron chi connectivity index (χ0n) is 14.1. The fourth-order valence-corrected chi connectivity index (χ4v) is 3.08. The molecule has 1 atom stereocenters. The number of aromatic nitrogens is 4. The van der Waals surface area contributed by atoms with Crippen molar-refractivity contribution >= 4 is 22.8 Å². The fraction of sp³-hybridized carbons (Fsp3) is 0.333. The molecular weight excluding hydrogens is 316 g/mol. The van der Waals surface area contributed by atoms with E-state index in [0.29, 0.717) is 5.69 Å². The van der Waals surface area contributed by atoms with Crippen LogP contribution in [0.2, 0.25) is 0 Å². The van der Waals surface area contributed by atoms with Crippen molar-refractivity contribution < 1.29 is 4.79 Å². The van der Waals surface area contributed by atoms with Crippen LogP contribution in [0.5, 0.6) is 0 Å². The maximum absolute atomic E-state index is 12.4. The van der Waals surface area contributed by atoms with Gasteiger partial charge in [0.25, 0.3) is 5.91 Å². The van der Waals surface area contributed by atoms with Crippen LogP contribution in [-0.2, 0) is 0 Å². The molecule has 0 bridgehead atoms. The van der Waals surface area contributed by atoms with Crippen LogP contribution in [0, 0.1) is 0 Å². The second-order valence-electron chi connectivity index (χ2n) is 6.31. The summed E-state index contributed by atoms with van der Waals surface area (Å²) in [5.74, 6) is 1.30. The highest BCUT2D eigenvalue weighted by Gasteiger charge is 2.18. The van der Waals surface area contributed by atoms with Crippen molar-refractivity contribution in [1.82, 2.24) is 25.5 Å².